The molecule has 0 radical (unpaired) electrons. The van der Waals surface area contributed by atoms with Crippen LogP contribution in [0.25, 0.3) is 0 Å². The van der Waals surface area contributed by atoms with E-state index in [9.17, 15) is 0 Å². The van der Waals surface area contributed by atoms with Crippen molar-refractivity contribution < 1.29 is 20.8 Å². The number of nitrogens with zero attached hydrogens (tertiary/aromatic N) is 1. The molecule has 0 amide bonds. The van der Waals surface area contributed by atoms with Gasteiger partial charge in [0.2, 0.25) is 0 Å². The van der Waals surface area contributed by atoms with Gasteiger partial charge < -0.3 is 0 Å². The fourth-order valence-corrected chi connectivity index (χ4v) is 12.4. The number of likely N-dealkylation sites (N-methyl/N-ethyl adjacent to an activating group) is 1. The molecule has 1 aromatic carbocycles. The Bertz CT molecular complexity index is 561. The van der Waals surface area contributed by atoms with Gasteiger partial charge in [-0.05, 0) is 0 Å². The number of hydrogen-bond acceptors (Lipinski definition) is 2. The number of hydrogen-bond donors (Lipinski definition) is 0. The standard InChI is InChI=1S/C9H14N.C6H6O.C2H7Si.2ClH.Ti/c1-7-5-9(10(3)4)6-8(7)2;7-6-4-2-1-3-5-6;1-3-2;;;/h5,8H,1-4H3;1-5,7H;3H,1-2H3;2*1H;/q;;;;;+1/p-1. The van der Waals surface area contributed by atoms with Gasteiger partial charge in [0.15, 0.2) is 0 Å². The fourth-order valence-electron chi connectivity index (χ4n) is 2.68. The minimum atomic E-state index is -1.69. The minimum absolute atomic E-state index is 0. The second kappa shape index (κ2) is 9.95. The van der Waals surface area contributed by atoms with Crippen molar-refractivity contribution in [1.29, 1.82) is 0 Å². The Balaban J connectivity index is 0.00000242. The summed E-state index contributed by atoms with van der Waals surface area (Å²) >= 11 is -1.69. The third-order valence-electron chi connectivity index (χ3n) is 4.00. The SMILES string of the molecule is CC1=CC(N(C)C)=[C]([Ti]([O]c2ccccc2)[SiH](C)C)C1C.Cl.Cl. The number of rotatable bonds is 5. The van der Waals surface area contributed by atoms with Crippen molar-refractivity contribution in [1.82, 2.24) is 4.90 Å². The second-order valence-corrected chi connectivity index (χ2v) is 18.4. The van der Waals surface area contributed by atoms with Crippen molar-refractivity contribution in [2.75, 3.05) is 14.1 Å². The summed E-state index contributed by atoms with van der Waals surface area (Å²) in [4.78, 5) is 2.26. The first-order valence-electron chi connectivity index (χ1n) is 7.61. The van der Waals surface area contributed by atoms with E-state index in [4.69, 9.17) is 3.32 Å². The van der Waals surface area contributed by atoms with Crippen LogP contribution in [0.2, 0.25) is 13.1 Å². The molecule has 2 nitrogen and oxygen atoms in total. The van der Waals surface area contributed by atoms with Crippen molar-refractivity contribution in [2.45, 2.75) is 26.9 Å². The summed E-state index contributed by atoms with van der Waals surface area (Å²) in [7, 11) is 4.30. The molecule has 6 heteroatoms. The van der Waals surface area contributed by atoms with Gasteiger partial charge >= 0.3 is 137 Å². The van der Waals surface area contributed by atoms with Crippen LogP contribution in [0.5, 0.6) is 5.75 Å². The van der Waals surface area contributed by atoms with Gasteiger partial charge in [0.05, 0.1) is 0 Å². The molecule has 0 saturated carbocycles. The van der Waals surface area contributed by atoms with Crippen molar-refractivity contribution in [3.63, 3.8) is 0 Å². The van der Waals surface area contributed by atoms with E-state index < -0.39 is 24.2 Å². The van der Waals surface area contributed by atoms with Crippen LogP contribution >= 0.6 is 24.8 Å². The van der Waals surface area contributed by atoms with E-state index in [0.29, 0.717) is 5.92 Å². The molecule has 1 aliphatic carbocycles. The first-order chi connectivity index (χ1) is 9.91. The molecule has 0 fully saturated rings. The summed E-state index contributed by atoms with van der Waals surface area (Å²) in [6.45, 7) is 8.65. The maximum absolute atomic E-state index is 6.57. The fraction of sp³-hybridized carbons (Fsp3) is 0.412. The molecule has 0 spiro atoms. The summed E-state index contributed by atoms with van der Waals surface area (Å²) in [5.74, 6) is 1.60. The van der Waals surface area contributed by atoms with Gasteiger partial charge in [-0.3, -0.25) is 0 Å². The second-order valence-electron chi connectivity index (χ2n) is 6.24. The molecule has 129 valence electrons. The van der Waals surface area contributed by atoms with Gasteiger partial charge in [0, 0.05) is 0 Å². The Morgan fingerprint density at radius 3 is 2.13 bits per heavy atom. The molecular weight excluding hydrogens is 381 g/mol. The van der Waals surface area contributed by atoms with Crippen molar-refractivity contribution >= 4 is 31.5 Å². The van der Waals surface area contributed by atoms with Gasteiger partial charge in [-0.25, -0.2) is 0 Å². The third kappa shape index (κ3) is 5.40. The van der Waals surface area contributed by atoms with Gasteiger partial charge in [0.1, 0.15) is 0 Å². The average molecular weight is 409 g/mol. The summed E-state index contributed by atoms with van der Waals surface area (Å²) in [6, 6.07) is 10.4. The van der Waals surface area contributed by atoms with Gasteiger partial charge in [-0.15, -0.1) is 24.8 Å². The van der Waals surface area contributed by atoms with Crippen LogP contribution in [0.15, 0.2) is 51.6 Å². The predicted octanol–water partition coefficient (Wildman–Crippen LogP) is 4.79. The first-order valence-corrected chi connectivity index (χ1v) is 14.6. The molecule has 23 heavy (non-hydrogen) atoms. The van der Waals surface area contributed by atoms with E-state index in [1.165, 1.54) is 11.3 Å². The van der Waals surface area contributed by atoms with Crippen LogP contribution in [-0.2, 0) is 17.5 Å². The van der Waals surface area contributed by atoms with Crippen LogP contribution < -0.4 is 3.32 Å². The van der Waals surface area contributed by atoms with E-state index in [0.717, 1.165) is 5.75 Å². The van der Waals surface area contributed by atoms with Crippen molar-refractivity contribution in [3.05, 3.63) is 51.6 Å². The third-order valence-corrected chi connectivity index (χ3v) is 14.3. The molecule has 0 saturated heterocycles. The molecule has 1 unspecified atom stereocenters. The maximum atomic E-state index is 6.57. The van der Waals surface area contributed by atoms with Gasteiger partial charge in [-0.1, -0.05) is 0 Å². The van der Waals surface area contributed by atoms with Crippen LogP contribution in [-0.4, -0.2) is 25.7 Å². The van der Waals surface area contributed by atoms with Gasteiger partial charge in [0.25, 0.3) is 0 Å². The number of benzene rings is 1. The Labute approximate surface area is 160 Å². The van der Waals surface area contributed by atoms with E-state index in [2.05, 4.69) is 76.3 Å². The molecule has 0 heterocycles. The zero-order chi connectivity index (χ0) is 15.6. The molecule has 0 aliphatic heterocycles. The van der Waals surface area contributed by atoms with Crippen LogP contribution in [0.4, 0.5) is 0 Å². The Hall–Kier alpha value is -0.189. The Kier molecular flexibility index (Phi) is 9.87. The summed E-state index contributed by atoms with van der Waals surface area (Å²) in [5.41, 5.74) is 2.89. The molecule has 1 aromatic rings. The van der Waals surface area contributed by atoms with Crippen LogP contribution in [0.3, 0.4) is 0 Å². The maximum Gasteiger partial charge on any atom is -0.147 e. The van der Waals surface area contributed by atoms with Crippen LogP contribution in [0, 0.1) is 5.92 Å². The topological polar surface area (TPSA) is 12.5 Å². The smallest absolute Gasteiger partial charge is 0.147 e. The molecule has 1 atom stereocenters. The monoisotopic (exact) mass is 408 g/mol. The van der Waals surface area contributed by atoms with Crippen LogP contribution in [0.1, 0.15) is 13.8 Å². The summed E-state index contributed by atoms with van der Waals surface area (Å²) < 4.78 is 8.20. The zero-order valence-corrected chi connectivity index (χ0v) is 19.1. The van der Waals surface area contributed by atoms with Crippen molar-refractivity contribution in [2.24, 2.45) is 5.92 Å². The van der Waals surface area contributed by atoms with E-state index in [-0.39, 0.29) is 24.8 Å². The minimum Gasteiger partial charge on any atom is -0.147 e. The van der Waals surface area contributed by atoms with E-state index in [1.54, 1.807) is 3.88 Å². The van der Waals surface area contributed by atoms with E-state index in [1.807, 2.05) is 6.07 Å². The summed E-state index contributed by atoms with van der Waals surface area (Å²) in [6.07, 6.45) is 2.36. The average Bonchev–Trinajstić information content (AvgIpc) is 2.73. The predicted molar refractivity (Wildman–Crippen MR) is 104 cm³/mol. The van der Waals surface area contributed by atoms with E-state index >= 15 is 0 Å². The Morgan fingerprint density at radius 2 is 1.65 bits per heavy atom. The van der Waals surface area contributed by atoms with Gasteiger partial charge in [-0.2, -0.15) is 0 Å². The number of allylic oxidation sites excluding steroid dienone is 3. The normalized spacial score (nSPS) is 16.5. The number of halogens is 2. The summed E-state index contributed by atoms with van der Waals surface area (Å²) in [5, 5.41) is 0. The van der Waals surface area contributed by atoms with Crippen molar-refractivity contribution in [3.8, 4) is 5.75 Å². The Morgan fingerprint density at radius 1 is 1.09 bits per heavy atom. The number of para-hydroxylation sites is 1. The molecule has 1 aliphatic rings. The molecule has 2 rings (SSSR count). The first kappa shape index (κ1) is 22.8. The largest absolute Gasteiger partial charge is 0.147 e. The zero-order valence-electron chi connectivity index (χ0n) is 14.8. The molecule has 0 aromatic heterocycles. The quantitative estimate of drug-likeness (QED) is 0.649. The molecule has 0 bridgehead atoms. The molecule has 0 N–H and O–H groups in total. The molecular formula is C17H28Cl2NOSiTi.